The maximum atomic E-state index is 13.1. The number of esters is 2. The number of benzene rings is 9. The average molecular weight is 1260 g/mol. The molecule has 472 valence electrons. The molecule has 0 saturated carbocycles. The molecule has 0 amide bonds. The van der Waals surface area contributed by atoms with Crippen LogP contribution in [0.3, 0.4) is 0 Å². The van der Waals surface area contributed by atoms with Crippen molar-refractivity contribution in [1.29, 1.82) is 0 Å². The summed E-state index contributed by atoms with van der Waals surface area (Å²) in [7, 11) is 2.70. The van der Waals surface area contributed by atoms with Crippen LogP contribution in [0.2, 0.25) is 0 Å². The third kappa shape index (κ3) is 15.2. The van der Waals surface area contributed by atoms with E-state index in [9.17, 15) is 53.1 Å². The Morgan fingerprint density at radius 2 is 0.710 bits per heavy atom. The Labute approximate surface area is 531 Å². The minimum Gasteiger partial charge on any atom is -0.478 e. The van der Waals surface area contributed by atoms with Crippen LogP contribution < -0.4 is 14.2 Å². The number of aliphatic hydroxyl groups is 4. The van der Waals surface area contributed by atoms with Crippen LogP contribution in [-0.4, -0.2) is 96.8 Å². The van der Waals surface area contributed by atoms with Crippen molar-refractivity contribution < 1.29 is 76.8 Å². The third-order valence-electron chi connectivity index (χ3n) is 15.0. The zero-order valence-corrected chi connectivity index (χ0v) is 50.2. The summed E-state index contributed by atoms with van der Waals surface area (Å²) in [6, 6.07) is 55.2. The summed E-state index contributed by atoms with van der Waals surface area (Å²) in [5.41, 5.74) is 8.23. The van der Waals surface area contributed by atoms with Crippen molar-refractivity contribution in [3.8, 4) is 51.6 Å². The van der Waals surface area contributed by atoms with Crippen molar-refractivity contribution >= 4 is 50.6 Å². The Morgan fingerprint density at radius 1 is 0.430 bits per heavy atom. The molecule has 93 heavy (non-hydrogen) atoms. The summed E-state index contributed by atoms with van der Waals surface area (Å²) in [5.74, 6) is 0.492. The number of carbonyl (C=O) groups excluding carboxylic acids is 2. The number of aromatic carboxylic acids is 1. The van der Waals surface area contributed by atoms with Gasteiger partial charge in [0.25, 0.3) is 0 Å². The van der Waals surface area contributed by atoms with Gasteiger partial charge in [-0.2, -0.15) is 0 Å². The monoisotopic (exact) mass is 1260 g/mol. The lowest BCUT2D eigenvalue weighted by Gasteiger charge is -2.09. The summed E-state index contributed by atoms with van der Waals surface area (Å²) in [6.07, 6.45) is 6.41. The van der Waals surface area contributed by atoms with Gasteiger partial charge in [0.1, 0.15) is 51.9 Å². The summed E-state index contributed by atoms with van der Waals surface area (Å²) >= 11 is 0. The van der Waals surface area contributed by atoms with E-state index >= 15 is 0 Å². The lowest BCUT2D eigenvalue weighted by atomic mass is 10.0. The molecule has 0 saturated heterocycles. The van der Waals surface area contributed by atoms with Gasteiger partial charge >= 0.3 is 17.9 Å². The first-order valence-corrected chi connectivity index (χ1v) is 29.2. The summed E-state index contributed by atoms with van der Waals surface area (Å²) in [4.78, 5) is 36.4. The van der Waals surface area contributed by atoms with Crippen molar-refractivity contribution in [2.45, 2.75) is 31.5 Å². The zero-order chi connectivity index (χ0) is 65.7. The summed E-state index contributed by atoms with van der Waals surface area (Å²) in [5, 5.41) is 50.1. The van der Waals surface area contributed by atoms with Crippen LogP contribution in [0.4, 0.5) is 13.2 Å². The lowest BCUT2D eigenvalue weighted by molar-refractivity contribution is 0.0594. The largest absolute Gasteiger partial charge is 0.478 e. The number of hydrogen-bond acceptors (Lipinski definition) is 12. The number of rotatable bonds is 20. The number of carboxylic acids is 1. The lowest BCUT2D eigenvalue weighted by Crippen LogP contribution is -2.15. The summed E-state index contributed by atoms with van der Waals surface area (Å²) in [6.45, 7) is 3.03. The number of nitrogens with zero attached hydrogens (tertiary/aromatic N) is 3. The van der Waals surface area contributed by atoms with Gasteiger partial charge in [0, 0.05) is 64.7 Å². The first-order chi connectivity index (χ1) is 45.1. The Bertz CT molecular complexity index is 4590. The minimum absolute atomic E-state index is 0.121. The number of halogens is 3. The molecule has 0 unspecified atom stereocenters. The van der Waals surface area contributed by atoms with Crippen LogP contribution in [0.15, 0.2) is 231 Å². The van der Waals surface area contributed by atoms with Crippen LogP contribution >= 0.6 is 0 Å². The Hall–Kier alpha value is -11.2. The molecule has 3 aromatic heterocycles. The van der Waals surface area contributed by atoms with Crippen LogP contribution in [-0.2, 0) is 28.7 Å². The average Bonchev–Trinajstić information content (AvgIpc) is 1.66. The molecule has 12 rings (SSSR count). The summed E-state index contributed by atoms with van der Waals surface area (Å²) < 4.78 is 72.1. The van der Waals surface area contributed by atoms with E-state index in [1.165, 1.54) is 68.8 Å². The minimum atomic E-state index is -1.06. The molecule has 0 aliphatic heterocycles. The van der Waals surface area contributed by atoms with Gasteiger partial charge in [-0.25, -0.2) is 27.6 Å². The van der Waals surface area contributed by atoms with E-state index in [1.807, 2.05) is 98.9 Å². The fourth-order valence-electron chi connectivity index (χ4n) is 10.7. The SMILES string of the molecule is C=CCc1cn(-c2ccc(Oc3ccc(F)cc3)cc2)c2cccc(C(=O)OC)c12.COC(=O)c1cccc2c1c(C[C@H](O)CO)cn2-c1ccc(Oc2ccc(F)cc2)cc1.O=C(O)c1cccc2c1c(C[C@H](O)CO)cn2-c1ccc(Oc2ccc(F)cc2)cc1. The number of allylic oxidation sites excluding steroid dienone is 1. The predicted octanol–water partition coefficient (Wildman–Crippen LogP) is 14.5. The highest BCUT2D eigenvalue weighted by molar-refractivity contribution is 6.07. The van der Waals surface area contributed by atoms with Gasteiger partial charge < -0.3 is 62.9 Å². The van der Waals surface area contributed by atoms with Crippen LogP contribution in [0.5, 0.6) is 34.5 Å². The Morgan fingerprint density at radius 3 is 1.00 bits per heavy atom. The Kier molecular flexibility index (Phi) is 20.6. The topological polar surface area (TPSA) is 213 Å². The fourth-order valence-corrected chi connectivity index (χ4v) is 10.7. The van der Waals surface area contributed by atoms with E-state index < -0.39 is 30.8 Å². The van der Waals surface area contributed by atoms with Gasteiger partial charge in [-0.3, -0.25) is 0 Å². The molecule has 3 heterocycles. The van der Waals surface area contributed by atoms with Crippen LogP contribution in [0.25, 0.3) is 49.8 Å². The number of ether oxygens (including phenoxy) is 5. The van der Waals surface area contributed by atoms with Crippen molar-refractivity contribution in [3.05, 3.63) is 282 Å². The third-order valence-corrected chi connectivity index (χ3v) is 15.0. The molecule has 0 spiro atoms. The second-order valence-electron chi connectivity index (χ2n) is 21.2. The standard InChI is InChI=1S/C25H22FNO5.C25H20FNO3.C24H20FNO5/c1-31-25(30)22-3-2-4-23-24(22)16(13-19(29)15-28)14-27(23)18-7-11-21(12-8-18)32-20-9-5-17(26)6-10-20;1-3-5-17-16-27(23-7-4-6-22(24(17)23)25(28)29-2)19-10-14-21(15-11-19)30-20-12-8-18(26)9-13-20;25-16-4-8-19(9-5-16)31-20-10-6-17(7-11-20)26-13-15(12-18(28)14-27)23-21(24(29)30)2-1-3-22(23)26/h2-12,14,19,28-29H,13,15H2,1H3;3-4,6-16H,1,5H2,2H3;1-11,13,18,27-28H,12,14H2,(H,29,30)/t19-;;18-/m0.0/s1. The number of aliphatic hydroxyl groups excluding tert-OH is 4. The maximum Gasteiger partial charge on any atom is 0.338 e. The van der Waals surface area contributed by atoms with Crippen molar-refractivity contribution in [1.82, 2.24) is 13.7 Å². The van der Waals surface area contributed by atoms with E-state index in [-0.39, 0.29) is 48.4 Å². The fraction of sp³-hybridized carbons (Fsp3) is 0.122. The van der Waals surface area contributed by atoms with Crippen LogP contribution in [0.1, 0.15) is 47.8 Å². The highest BCUT2D eigenvalue weighted by Crippen LogP contribution is 2.35. The molecule has 19 heteroatoms. The van der Waals surface area contributed by atoms with E-state index in [1.54, 1.807) is 85.1 Å². The van der Waals surface area contributed by atoms with Gasteiger partial charge in [-0.05, 0) is 205 Å². The van der Waals surface area contributed by atoms with Gasteiger partial charge in [0.05, 0.1) is 72.9 Å². The first kappa shape index (κ1) is 64.8. The number of aromatic nitrogens is 3. The van der Waals surface area contributed by atoms with Gasteiger partial charge in [-0.1, -0.05) is 24.3 Å². The van der Waals surface area contributed by atoms with Crippen molar-refractivity contribution in [3.63, 3.8) is 0 Å². The molecule has 0 bridgehead atoms. The predicted molar refractivity (Wildman–Crippen MR) is 346 cm³/mol. The maximum absolute atomic E-state index is 13.1. The van der Waals surface area contributed by atoms with Crippen LogP contribution in [0, 0.1) is 17.5 Å². The van der Waals surface area contributed by atoms with Crippen molar-refractivity contribution in [2.24, 2.45) is 0 Å². The van der Waals surface area contributed by atoms with E-state index in [0.717, 1.165) is 39.0 Å². The molecule has 2 atom stereocenters. The molecule has 9 aromatic carbocycles. The molecule has 0 fully saturated rings. The van der Waals surface area contributed by atoms with Crippen molar-refractivity contribution in [2.75, 3.05) is 27.4 Å². The van der Waals surface area contributed by atoms with E-state index in [2.05, 4.69) is 6.58 Å². The first-order valence-electron chi connectivity index (χ1n) is 29.2. The van der Waals surface area contributed by atoms with Gasteiger partial charge in [0.2, 0.25) is 0 Å². The number of fused-ring (bicyclic) bond motifs is 3. The molecule has 0 radical (unpaired) electrons. The molecule has 12 aromatic rings. The number of hydrogen-bond donors (Lipinski definition) is 5. The highest BCUT2D eigenvalue weighted by Gasteiger charge is 2.23. The zero-order valence-electron chi connectivity index (χ0n) is 50.2. The number of methoxy groups -OCH3 is 2. The highest BCUT2D eigenvalue weighted by atomic mass is 19.1. The molecule has 0 aliphatic rings. The molecule has 5 N–H and O–H groups in total. The number of carboxylic acid groups (broad SMARTS) is 1. The quantitative estimate of drug-likeness (QED) is 0.0355. The second kappa shape index (κ2) is 29.6. The number of carbonyl (C=O) groups is 3. The Balaban J connectivity index is 0.000000153. The smallest absolute Gasteiger partial charge is 0.338 e. The molecule has 16 nitrogen and oxygen atoms in total. The second-order valence-corrected chi connectivity index (χ2v) is 21.2. The van der Waals surface area contributed by atoms with Gasteiger partial charge in [0.15, 0.2) is 0 Å². The normalized spacial score (nSPS) is 11.6. The van der Waals surface area contributed by atoms with Gasteiger partial charge in [-0.15, -0.1) is 6.58 Å². The molecular weight excluding hydrogens is 1200 g/mol. The molecule has 0 aliphatic carbocycles. The van der Waals surface area contributed by atoms with E-state index in [4.69, 9.17) is 23.7 Å². The van der Waals surface area contributed by atoms with E-state index in [0.29, 0.717) is 79.5 Å². The molecular formula is C74H62F3N3O13.